The summed E-state index contributed by atoms with van der Waals surface area (Å²) in [5.41, 5.74) is 0.899. The molecule has 0 unspecified atom stereocenters. The Balaban J connectivity index is 2.11. The van der Waals surface area contributed by atoms with Crippen LogP contribution in [0.3, 0.4) is 0 Å². The number of carbonyl (C=O) groups is 1. The molecule has 1 aliphatic heterocycles. The first-order valence-corrected chi connectivity index (χ1v) is 8.88. The normalized spacial score (nSPS) is 20.2. The molecule has 5 nitrogen and oxygen atoms in total. The van der Waals surface area contributed by atoms with E-state index < -0.39 is 9.84 Å². The van der Waals surface area contributed by atoms with E-state index in [0.29, 0.717) is 6.61 Å². The Morgan fingerprint density at radius 2 is 1.95 bits per heavy atom. The average Bonchev–Trinajstić information content (AvgIpc) is 2.98. The van der Waals surface area contributed by atoms with Gasteiger partial charge in [-0.05, 0) is 37.5 Å². The van der Waals surface area contributed by atoms with Gasteiger partial charge in [-0.25, -0.2) is 8.42 Å². The van der Waals surface area contributed by atoms with E-state index in [1.165, 1.54) is 6.26 Å². The number of benzene rings is 1. The Bertz CT molecular complexity index is 603. The predicted octanol–water partition coefficient (Wildman–Crippen LogP) is 1.79. The van der Waals surface area contributed by atoms with Crippen LogP contribution in [0.25, 0.3) is 0 Å². The smallest absolute Gasteiger partial charge is 0.251 e. The van der Waals surface area contributed by atoms with Crippen LogP contribution in [-0.4, -0.2) is 45.2 Å². The van der Waals surface area contributed by atoms with Gasteiger partial charge >= 0.3 is 0 Å². The molecule has 0 radical (unpaired) electrons. The van der Waals surface area contributed by atoms with Crippen LogP contribution in [0.2, 0.25) is 0 Å². The molecule has 1 aliphatic rings. The van der Waals surface area contributed by atoms with E-state index in [2.05, 4.69) is 0 Å². The molecule has 1 aromatic carbocycles. The molecule has 2 rings (SSSR count). The van der Waals surface area contributed by atoms with E-state index in [0.717, 1.165) is 18.4 Å². The number of likely N-dealkylation sites (N-methyl/N-ethyl adjacent to an activating group) is 1. The van der Waals surface area contributed by atoms with Gasteiger partial charge in [0.2, 0.25) is 0 Å². The standard InChI is InChI=1S/C15H21NO4S/c1-11(16(2)15(17)14-5-4-10-20-14)12-6-8-13(9-7-12)21(3,18)19/h6-9,11,14H,4-5,10H2,1-3H3/t11-,14+/m0/s1. The molecular formula is C15H21NO4S. The summed E-state index contributed by atoms with van der Waals surface area (Å²) in [5, 5.41) is 0. The molecule has 1 amide bonds. The highest BCUT2D eigenvalue weighted by molar-refractivity contribution is 7.90. The van der Waals surface area contributed by atoms with E-state index in [1.807, 2.05) is 6.92 Å². The lowest BCUT2D eigenvalue weighted by atomic mass is 10.1. The van der Waals surface area contributed by atoms with Crippen LogP contribution in [0.5, 0.6) is 0 Å². The van der Waals surface area contributed by atoms with Crippen molar-refractivity contribution in [3.05, 3.63) is 29.8 Å². The van der Waals surface area contributed by atoms with Gasteiger partial charge in [-0.1, -0.05) is 12.1 Å². The first kappa shape index (κ1) is 16.0. The number of nitrogens with zero attached hydrogens (tertiary/aromatic N) is 1. The third kappa shape index (κ3) is 3.63. The molecule has 0 aromatic heterocycles. The zero-order chi connectivity index (χ0) is 15.6. The summed E-state index contributed by atoms with van der Waals surface area (Å²) < 4.78 is 28.3. The van der Waals surface area contributed by atoms with Crippen LogP contribution >= 0.6 is 0 Å². The van der Waals surface area contributed by atoms with E-state index in [-0.39, 0.29) is 22.9 Å². The fraction of sp³-hybridized carbons (Fsp3) is 0.533. The highest BCUT2D eigenvalue weighted by Gasteiger charge is 2.29. The van der Waals surface area contributed by atoms with Crippen molar-refractivity contribution in [3.8, 4) is 0 Å². The SMILES string of the molecule is C[C@@H](c1ccc(S(C)(=O)=O)cc1)N(C)C(=O)[C@H]1CCCO1. The van der Waals surface area contributed by atoms with Crippen molar-refractivity contribution in [2.45, 2.75) is 36.8 Å². The Morgan fingerprint density at radius 3 is 2.43 bits per heavy atom. The van der Waals surface area contributed by atoms with Crippen molar-refractivity contribution in [1.29, 1.82) is 0 Å². The van der Waals surface area contributed by atoms with Gasteiger partial charge < -0.3 is 9.64 Å². The summed E-state index contributed by atoms with van der Waals surface area (Å²) in [4.78, 5) is 14.2. The van der Waals surface area contributed by atoms with E-state index in [1.54, 1.807) is 36.2 Å². The zero-order valence-electron chi connectivity index (χ0n) is 12.6. The maximum absolute atomic E-state index is 12.3. The summed E-state index contributed by atoms with van der Waals surface area (Å²) in [6.07, 6.45) is 2.52. The van der Waals surface area contributed by atoms with E-state index in [9.17, 15) is 13.2 Å². The second-order valence-electron chi connectivity index (χ2n) is 5.47. The molecule has 6 heteroatoms. The first-order valence-electron chi connectivity index (χ1n) is 6.99. The van der Waals surface area contributed by atoms with Gasteiger partial charge in [-0.2, -0.15) is 0 Å². The van der Waals surface area contributed by atoms with E-state index in [4.69, 9.17) is 4.74 Å². The summed E-state index contributed by atoms with van der Waals surface area (Å²) in [6, 6.07) is 6.52. The van der Waals surface area contributed by atoms with Crippen LogP contribution in [0, 0.1) is 0 Å². The van der Waals surface area contributed by atoms with Crippen molar-refractivity contribution in [3.63, 3.8) is 0 Å². The number of rotatable bonds is 4. The Hall–Kier alpha value is -1.40. The topological polar surface area (TPSA) is 63.7 Å². The Labute approximate surface area is 125 Å². The number of hydrogen-bond acceptors (Lipinski definition) is 4. The van der Waals surface area contributed by atoms with Gasteiger partial charge in [0.05, 0.1) is 10.9 Å². The van der Waals surface area contributed by atoms with Crippen LogP contribution < -0.4 is 0 Å². The second kappa shape index (κ2) is 6.15. The summed E-state index contributed by atoms with van der Waals surface area (Å²) >= 11 is 0. The highest BCUT2D eigenvalue weighted by atomic mass is 32.2. The van der Waals surface area contributed by atoms with Crippen molar-refractivity contribution < 1.29 is 17.9 Å². The molecule has 0 aliphatic carbocycles. The molecule has 21 heavy (non-hydrogen) atoms. The van der Waals surface area contributed by atoms with Crippen LogP contribution in [0.15, 0.2) is 29.2 Å². The lowest BCUT2D eigenvalue weighted by Crippen LogP contribution is -2.37. The molecule has 0 saturated carbocycles. The maximum Gasteiger partial charge on any atom is 0.251 e. The minimum absolute atomic E-state index is 0.0211. The van der Waals surface area contributed by atoms with Crippen molar-refractivity contribution >= 4 is 15.7 Å². The molecule has 1 saturated heterocycles. The van der Waals surface area contributed by atoms with Gasteiger partial charge in [0.1, 0.15) is 6.10 Å². The molecule has 0 bridgehead atoms. The number of carbonyl (C=O) groups excluding carboxylic acids is 1. The highest BCUT2D eigenvalue weighted by Crippen LogP contribution is 2.23. The molecule has 1 aromatic rings. The summed E-state index contributed by atoms with van der Waals surface area (Å²) in [7, 11) is -1.45. The van der Waals surface area contributed by atoms with Crippen LogP contribution in [0.1, 0.15) is 31.4 Å². The van der Waals surface area contributed by atoms with Gasteiger partial charge in [0.25, 0.3) is 5.91 Å². The van der Waals surface area contributed by atoms with Crippen molar-refractivity contribution in [1.82, 2.24) is 4.90 Å². The summed E-state index contributed by atoms with van der Waals surface area (Å²) in [5.74, 6) is -0.0211. The van der Waals surface area contributed by atoms with Crippen molar-refractivity contribution in [2.75, 3.05) is 19.9 Å². The van der Waals surface area contributed by atoms with Gasteiger partial charge in [-0.3, -0.25) is 4.79 Å². The minimum atomic E-state index is -3.20. The largest absolute Gasteiger partial charge is 0.368 e. The lowest BCUT2D eigenvalue weighted by molar-refractivity contribution is -0.141. The molecule has 0 spiro atoms. The van der Waals surface area contributed by atoms with Gasteiger partial charge in [-0.15, -0.1) is 0 Å². The van der Waals surface area contributed by atoms with Crippen LogP contribution in [0.4, 0.5) is 0 Å². The molecule has 0 N–H and O–H groups in total. The molecule has 1 fully saturated rings. The van der Waals surface area contributed by atoms with Crippen molar-refractivity contribution in [2.24, 2.45) is 0 Å². The molecule has 2 atom stereocenters. The quantitative estimate of drug-likeness (QED) is 0.850. The number of amides is 1. The van der Waals surface area contributed by atoms with E-state index >= 15 is 0 Å². The number of sulfone groups is 1. The lowest BCUT2D eigenvalue weighted by Gasteiger charge is -2.27. The fourth-order valence-electron chi connectivity index (χ4n) is 2.41. The minimum Gasteiger partial charge on any atom is -0.368 e. The molecular weight excluding hydrogens is 290 g/mol. The Kier molecular flexibility index (Phi) is 4.68. The predicted molar refractivity (Wildman–Crippen MR) is 79.7 cm³/mol. The van der Waals surface area contributed by atoms with Gasteiger partial charge in [0.15, 0.2) is 9.84 Å². The summed E-state index contributed by atoms with van der Waals surface area (Å²) in [6.45, 7) is 2.56. The Morgan fingerprint density at radius 1 is 1.33 bits per heavy atom. The number of ether oxygens (including phenoxy) is 1. The average molecular weight is 311 g/mol. The second-order valence-corrected chi connectivity index (χ2v) is 7.48. The molecule has 116 valence electrons. The number of hydrogen-bond donors (Lipinski definition) is 0. The monoisotopic (exact) mass is 311 g/mol. The molecule has 1 heterocycles. The third-order valence-corrected chi connectivity index (χ3v) is 5.05. The maximum atomic E-state index is 12.3. The zero-order valence-corrected chi connectivity index (χ0v) is 13.4. The third-order valence-electron chi connectivity index (χ3n) is 3.92. The first-order chi connectivity index (χ1) is 9.80. The van der Waals surface area contributed by atoms with Gasteiger partial charge in [0, 0.05) is 19.9 Å². The fourth-order valence-corrected chi connectivity index (χ4v) is 3.04. The van der Waals surface area contributed by atoms with Crippen LogP contribution in [-0.2, 0) is 19.4 Å².